The highest BCUT2D eigenvalue weighted by molar-refractivity contribution is 7.15. The highest BCUT2D eigenvalue weighted by atomic mass is 35.5. The molecule has 92 valence electrons. The second-order valence-electron chi connectivity index (χ2n) is 3.45. The number of hydrogen-bond acceptors (Lipinski definition) is 5. The van der Waals surface area contributed by atoms with E-state index in [4.69, 9.17) is 16.3 Å². The Morgan fingerprint density at radius 2 is 2.53 bits per heavy atom. The van der Waals surface area contributed by atoms with Gasteiger partial charge in [0.1, 0.15) is 11.9 Å². The van der Waals surface area contributed by atoms with Crippen LogP contribution in [0.15, 0.2) is 11.6 Å². The van der Waals surface area contributed by atoms with E-state index in [0.717, 1.165) is 0 Å². The first-order chi connectivity index (χ1) is 8.13. The fourth-order valence-electron chi connectivity index (χ4n) is 1.60. The van der Waals surface area contributed by atoms with E-state index in [1.807, 2.05) is 0 Å². The first kappa shape index (κ1) is 12.3. The molecule has 0 amide bonds. The maximum atomic E-state index is 11.0. The van der Waals surface area contributed by atoms with Crippen LogP contribution in [0.4, 0.5) is 5.82 Å². The van der Waals surface area contributed by atoms with E-state index < -0.39 is 4.92 Å². The van der Waals surface area contributed by atoms with Gasteiger partial charge in [0, 0.05) is 18.9 Å². The van der Waals surface area contributed by atoms with Crippen molar-refractivity contribution in [1.29, 1.82) is 0 Å². The van der Waals surface area contributed by atoms with Crippen LogP contribution in [0.3, 0.4) is 0 Å². The van der Waals surface area contributed by atoms with Crippen molar-refractivity contribution in [2.45, 2.75) is 11.8 Å². The number of hydrogen-bond donors (Lipinski definition) is 0. The molecule has 2 rings (SSSR count). The second kappa shape index (κ2) is 4.99. The number of ether oxygens (including phenoxy) is 1. The van der Waals surface area contributed by atoms with Crippen LogP contribution in [-0.2, 0) is 11.2 Å². The molecule has 0 bridgehead atoms. The van der Waals surface area contributed by atoms with Gasteiger partial charge in [-0.2, -0.15) is 9.38 Å². The Hall–Kier alpha value is -1.18. The minimum Gasteiger partial charge on any atom is -0.383 e. The molecule has 1 atom stereocenters. The highest BCUT2D eigenvalue weighted by Gasteiger charge is 2.25. The molecule has 6 nitrogen and oxygen atoms in total. The number of imidazole rings is 1. The number of aromatic nitrogens is 2. The standard InChI is InChI=1S/C9H10ClN3O3S/c1-16-5-6(10)4-7-8(13(14)15)12-2-3-17-9(12)11-7/h2-3,6H,4-5H2,1H3. The van der Waals surface area contributed by atoms with Crippen LogP contribution in [-0.4, -0.2) is 33.4 Å². The predicted octanol–water partition coefficient (Wildman–Crippen LogP) is 2.10. The fourth-order valence-corrected chi connectivity index (χ4v) is 2.60. The monoisotopic (exact) mass is 275 g/mol. The molecule has 0 aliphatic heterocycles. The molecule has 2 aromatic rings. The molecule has 0 N–H and O–H groups in total. The largest absolute Gasteiger partial charge is 0.383 e. The normalized spacial score (nSPS) is 13.1. The van der Waals surface area contributed by atoms with E-state index in [1.54, 1.807) is 11.6 Å². The van der Waals surface area contributed by atoms with Gasteiger partial charge in [0.2, 0.25) is 0 Å². The lowest BCUT2D eigenvalue weighted by molar-refractivity contribution is -0.391. The summed E-state index contributed by atoms with van der Waals surface area (Å²) in [5.41, 5.74) is 0.402. The van der Waals surface area contributed by atoms with Crippen molar-refractivity contribution in [3.63, 3.8) is 0 Å². The summed E-state index contributed by atoms with van der Waals surface area (Å²) in [6, 6.07) is 0. The number of rotatable bonds is 5. The molecule has 1 unspecified atom stereocenters. The van der Waals surface area contributed by atoms with Crippen molar-refractivity contribution >= 4 is 33.7 Å². The minimum absolute atomic E-state index is 0.0111. The summed E-state index contributed by atoms with van der Waals surface area (Å²) >= 11 is 7.35. The topological polar surface area (TPSA) is 69.7 Å². The van der Waals surface area contributed by atoms with Crippen molar-refractivity contribution in [1.82, 2.24) is 9.38 Å². The average molecular weight is 276 g/mol. The second-order valence-corrected chi connectivity index (χ2v) is 4.94. The van der Waals surface area contributed by atoms with E-state index in [2.05, 4.69) is 4.98 Å². The molecule has 2 aromatic heterocycles. The third kappa shape index (κ3) is 2.41. The summed E-state index contributed by atoms with van der Waals surface area (Å²) in [5.74, 6) is -0.0111. The Balaban J connectivity index is 2.35. The van der Waals surface area contributed by atoms with Crippen LogP contribution in [0.5, 0.6) is 0 Å². The van der Waals surface area contributed by atoms with Crippen molar-refractivity contribution in [2.24, 2.45) is 0 Å². The predicted molar refractivity (Wildman–Crippen MR) is 64.9 cm³/mol. The first-order valence-electron chi connectivity index (χ1n) is 4.85. The van der Waals surface area contributed by atoms with Crippen molar-refractivity contribution < 1.29 is 9.66 Å². The van der Waals surface area contributed by atoms with Gasteiger partial charge in [-0.25, -0.2) is 0 Å². The van der Waals surface area contributed by atoms with Crippen LogP contribution >= 0.6 is 22.9 Å². The quantitative estimate of drug-likeness (QED) is 0.476. The van der Waals surface area contributed by atoms with Gasteiger partial charge < -0.3 is 14.9 Å². The van der Waals surface area contributed by atoms with E-state index in [0.29, 0.717) is 23.7 Å². The Labute approximate surface area is 106 Å². The lowest BCUT2D eigenvalue weighted by Gasteiger charge is -2.05. The van der Waals surface area contributed by atoms with Crippen molar-refractivity contribution in [2.75, 3.05) is 13.7 Å². The molecule has 0 saturated carbocycles. The van der Waals surface area contributed by atoms with Crippen LogP contribution in [0.25, 0.3) is 4.96 Å². The number of methoxy groups -OCH3 is 1. The highest BCUT2D eigenvalue weighted by Crippen LogP contribution is 2.25. The number of fused-ring (bicyclic) bond motifs is 1. The number of halogens is 1. The number of nitro groups is 1. The summed E-state index contributed by atoms with van der Waals surface area (Å²) in [7, 11) is 1.54. The first-order valence-corrected chi connectivity index (χ1v) is 6.17. The van der Waals surface area contributed by atoms with Gasteiger partial charge in [-0.15, -0.1) is 11.6 Å². The molecular formula is C9H10ClN3O3S. The van der Waals surface area contributed by atoms with Crippen LogP contribution in [0.1, 0.15) is 5.69 Å². The van der Waals surface area contributed by atoms with Crippen LogP contribution < -0.4 is 0 Å². The molecule has 8 heteroatoms. The minimum atomic E-state index is -0.432. The van der Waals surface area contributed by atoms with Gasteiger partial charge in [0.15, 0.2) is 0 Å². The molecule has 0 aliphatic carbocycles. The summed E-state index contributed by atoms with van der Waals surface area (Å²) in [6.45, 7) is 0.337. The zero-order valence-corrected chi connectivity index (χ0v) is 10.6. The summed E-state index contributed by atoms with van der Waals surface area (Å²) in [4.78, 5) is 15.4. The Kier molecular flexibility index (Phi) is 3.60. The lowest BCUT2D eigenvalue weighted by atomic mass is 10.2. The van der Waals surface area contributed by atoms with E-state index in [-0.39, 0.29) is 11.2 Å². The molecule has 0 fully saturated rings. The molecule has 0 aromatic carbocycles. The van der Waals surface area contributed by atoms with Gasteiger partial charge in [0.25, 0.3) is 4.96 Å². The molecule has 17 heavy (non-hydrogen) atoms. The average Bonchev–Trinajstić information content (AvgIpc) is 2.76. The molecule has 0 aliphatic rings. The van der Waals surface area contributed by atoms with Crippen molar-refractivity contribution in [3.05, 3.63) is 27.4 Å². The third-order valence-electron chi connectivity index (χ3n) is 2.24. The number of nitrogens with zero attached hydrogens (tertiary/aromatic N) is 3. The Morgan fingerprint density at radius 1 is 1.76 bits per heavy atom. The van der Waals surface area contributed by atoms with E-state index >= 15 is 0 Å². The number of alkyl halides is 1. The van der Waals surface area contributed by atoms with Gasteiger partial charge in [-0.1, -0.05) is 11.3 Å². The van der Waals surface area contributed by atoms with E-state index in [1.165, 1.54) is 22.8 Å². The maximum Gasteiger partial charge on any atom is 0.351 e. The van der Waals surface area contributed by atoms with Gasteiger partial charge in [-0.05, 0) is 4.92 Å². The van der Waals surface area contributed by atoms with Crippen LogP contribution in [0.2, 0.25) is 0 Å². The smallest absolute Gasteiger partial charge is 0.351 e. The molecular weight excluding hydrogens is 266 g/mol. The number of thiazole rings is 1. The Bertz CT molecular complexity index is 539. The van der Waals surface area contributed by atoms with Gasteiger partial charge in [-0.3, -0.25) is 0 Å². The van der Waals surface area contributed by atoms with Crippen LogP contribution in [0, 0.1) is 10.1 Å². The Morgan fingerprint density at radius 3 is 3.18 bits per heavy atom. The zero-order valence-electron chi connectivity index (χ0n) is 9.00. The van der Waals surface area contributed by atoms with Gasteiger partial charge >= 0.3 is 5.82 Å². The lowest BCUT2D eigenvalue weighted by Crippen LogP contribution is -2.12. The summed E-state index contributed by atoms with van der Waals surface area (Å²) < 4.78 is 6.37. The summed E-state index contributed by atoms with van der Waals surface area (Å²) in [6.07, 6.45) is 1.95. The SMILES string of the molecule is COCC(Cl)Cc1nc2sccn2c1[N+](=O)[O-]. The van der Waals surface area contributed by atoms with Crippen molar-refractivity contribution in [3.8, 4) is 0 Å². The third-order valence-corrected chi connectivity index (χ3v) is 3.28. The molecule has 0 spiro atoms. The zero-order chi connectivity index (χ0) is 12.4. The fraction of sp³-hybridized carbons (Fsp3) is 0.444. The molecule has 0 saturated heterocycles. The maximum absolute atomic E-state index is 11.0. The van der Waals surface area contributed by atoms with E-state index in [9.17, 15) is 10.1 Å². The molecule has 2 heterocycles. The molecule has 0 radical (unpaired) electrons. The van der Waals surface area contributed by atoms with Gasteiger partial charge in [0.05, 0.1) is 12.0 Å². The summed E-state index contributed by atoms with van der Waals surface area (Å²) in [5, 5.41) is 12.4.